The zero-order valence-electron chi connectivity index (χ0n) is 12.3. The van der Waals surface area contributed by atoms with E-state index in [9.17, 15) is 4.79 Å². The molecule has 1 amide bonds. The maximum absolute atomic E-state index is 12.5. The smallest absolute Gasteiger partial charge is 0.259 e. The number of aromatic nitrogens is 2. The van der Waals surface area contributed by atoms with Gasteiger partial charge in [0, 0.05) is 18.1 Å². The molecule has 3 aromatic rings. The normalized spacial score (nSPS) is 10.8. The van der Waals surface area contributed by atoms with E-state index in [1.807, 2.05) is 61.8 Å². The van der Waals surface area contributed by atoms with Crippen LogP contribution in [0.1, 0.15) is 27.2 Å². The van der Waals surface area contributed by atoms with E-state index in [-0.39, 0.29) is 5.91 Å². The monoisotopic (exact) mass is 279 g/mol. The summed E-state index contributed by atoms with van der Waals surface area (Å²) in [6.45, 7) is 5.91. The Hall–Kier alpha value is -2.62. The number of hydrogen-bond acceptors (Lipinski definition) is 2. The van der Waals surface area contributed by atoms with E-state index in [4.69, 9.17) is 0 Å². The molecular formula is C17H17N3O. The molecule has 0 fully saturated rings. The first-order valence-electron chi connectivity index (χ1n) is 6.87. The number of imidazole rings is 1. The third-order valence-electron chi connectivity index (χ3n) is 3.49. The molecule has 0 spiro atoms. The highest BCUT2D eigenvalue weighted by Crippen LogP contribution is 2.19. The predicted octanol–water partition coefficient (Wildman–Crippen LogP) is 3.51. The van der Waals surface area contributed by atoms with Crippen LogP contribution < -0.4 is 5.32 Å². The molecule has 0 saturated carbocycles. The van der Waals surface area contributed by atoms with Gasteiger partial charge in [0.1, 0.15) is 5.65 Å². The number of hydrogen-bond donors (Lipinski definition) is 1. The number of pyridine rings is 1. The number of anilines is 1. The van der Waals surface area contributed by atoms with Gasteiger partial charge in [0.2, 0.25) is 0 Å². The second kappa shape index (κ2) is 5.05. The standard InChI is InChI=1S/C17H17N3O/c1-11-6-7-12(2)15(9-11)19-17(21)14-5-4-8-20-10-13(3)18-16(14)20/h4-10H,1-3H3,(H,19,21). The number of nitrogens with one attached hydrogen (secondary N) is 1. The van der Waals surface area contributed by atoms with Crippen LogP contribution in [0.4, 0.5) is 5.69 Å². The summed E-state index contributed by atoms with van der Waals surface area (Å²) in [6, 6.07) is 9.66. The number of amides is 1. The fourth-order valence-electron chi connectivity index (χ4n) is 2.37. The second-order valence-corrected chi connectivity index (χ2v) is 5.31. The molecule has 106 valence electrons. The van der Waals surface area contributed by atoms with Gasteiger partial charge in [-0.15, -0.1) is 0 Å². The largest absolute Gasteiger partial charge is 0.322 e. The van der Waals surface area contributed by atoms with Crippen molar-refractivity contribution in [1.82, 2.24) is 9.38 Å². The van der Waals surface area contributed by atoms with Crippen LogP contribution in [-0.2, 0) is 0 Å². The van der Waals surface area contributed by atoms with E-state index in [0.29, 0.717) is 11.2 Å². The van der Waals surface area contributed by atoms with E-state index < -0.39 is 0 Å². The molecule has 2 heterocycles. The number of carbonyl (C=O) groups excluding carboxylic acids is 1. The Kier molecular flexibility index (Phi) is 3.22. The van der Waals surface area contributed by atoms with Crippen molar-refractivity contribution in [3.8, 4) is 0 Å². The molecule has 0 unspecified atom stereocenters. The summed E-state index contributed by atoms with van der Waals surface area (Å²) in [5.41, 5.74) is 5.14. The minimum Gasteiger partial charge on any atom is -0.322 e. The Morgan fingerprint density at radius 1 is 1.19 bits per heavy atom. The van der Waals surface area contributed by atoms with Crippen LogP contribution in [0.2, 0.25) is 0 Å². The molecule has 4 nitrogen and oxygen atoms in total. The summed E-state index contributed by atoms with van der Waals surface area (Å²) < 4.78 is 1.87. The first-order valence-corrected chi connectivity index (χ1v) is 6.87. The molecule has 0 aliphatic carbocycles. The Labute approximate surface area is 123 Å². The van der Waals surface area contributed by atoms with Crippen LogP contribution in [0, 0.1) is 20.8 Å². The summed E-state index contributed by atoms with van der Waals surface area (Å²) in [6.07, 6.45) is 3.80. The fraction of sp³-hybridized carbons (Fsp3) is 0.176. The van der Waals surface area contributed by atoms with Crippen molar-refractivity contribution >= 4 is 17.2 Å². The Morgan fingerprint density at radius 3 is 2.81 bits per heavy atom. The molecule has 0 radical (unpaired) electrons. The van der Waals surface area contributed by atoms with E-state index in [0.717, 1.165) is 22.5 Å². The van der Waals surface area contributed by atoms with Crippen LogP contribution in [0.5, 0.6) is 0 Å². The van der Waals surface area contributed by atoms with Crippen LogP contribution in [-0.4, -0.2) is 15.3 Å². The Balaban J connectivity index is 1.99. The molecule has 3 rings (SSSR count). The van der Waals surface area contributed by atoms with Gasteiger partial charge in [-0.05, 0) is 50.1 Å². The minimum atomic E-state index is -0.139. The third-order valence-corrected chi connectivity index (χ3v) is 3.49. The molecule has 1 aromatic carbocycles. The number of benzene rings is 1. The molecule has 0 aliphatic heterocycles. The molecule has 4 heteroatoms. The number of carbonyl (C=O) groups is 1. The predicted molar refractivity (Wildman–Crippen MR) is 83.8 cm³/mol. The van der Waals surface area contributed by atoms with E-state index in [1.54, 1.807) is 6.07 Å². The summed E-state index contributed by atoms with van der Waals surface area (Å²) in [5, 5.41) is 2.98. The number of rotatable bonds is 2. The van der Waals surface area contributed by atoms with Gasteiger partial charge in [-0.3, -0.25) is 4.79 Å². The van der Waals surface area contributed by atoms with Crippen LogP contribution in [0.25, 0.3) is 5.65 Å². The molecule has 21 heavy (non-hydrogen) atoms. The lowest BCUT2D eigenvalue weighted by Gasteiger charge is -2.10. The lowest BCUT2D eigenvalue weighted by atomic mass is 10.1. The zero-order chi connectivity index (χ0) is 15.0. The number of fused-ring (bicyclic) bond motifs is 1. The van der Waals surface area contributed by atoms with Crippen LogP contribution in [0.15, 0.2) is 42.7 Å². The maximum atomic E-state index is 12.5. The highest BCUT2D eigenvalue weighted by molar-refractivity contribution is 6.08. The lowest BCUT2D eigenvalue weighted by Crippen LogP contribution is -2.14. The van der Waals surface area contributed by atoms with E-state index in [2.05, 4.69) is 10.3 Å². The topological polar surface area (TPSA) is 46.4 Å². The van der Waals surface area contributed by atoms with Gasteiger partial charge in [-0.25, -0.2) is 4.98 Å². The molecule has 0 aliphatic rings. The van der Waals surface area contributed by atoms with Crippen molar-refractivity contribution in [2.24, 2.45) is 0 Å². The van der Waals surface area contributed by atoms with Gasteiger partial charge in [0.25, 0.3) is 5.91 Å². The highest BCUT2D eigenvalue weighted by atomic mass is 16.1. The first-order chi connectivity index (χ1) is 10.0. The number of nitrogens with zero attached hydrogens (tertiary/aromatic N) is 2. The van der Waals surface area contributed by atoms with E-state index >= 15 is 0 Å². The fourth-order valence-corrected chi connectivity index (χ4v) is 2.37. The van der Waals surface area contributed by atoms with Crippen molar-refractivity contribution < 1.29 is 4.79 Å². The quantitative estimate of drug-likeness (QED) is 0.780. The molecular weight excluding hydrogens is 262 g/mol. The maximum Gasteiger partial charge on any atom is 0.259 e. The third kappa shape index (κ3) is 2.52. The minimum absolute atomic E-state index is 0.139. The van der Waals surface area contributed by atoms with E-state index in [1.165, 1.54) is 0 Å². The average Bonchev–Trinajstić information content (AvgIpc) is 2.82. The summed E-state index contributed by atoms with van der Waals surface area (Å²) >= 11 is 0. The molecule has 0 saturated heterocycles. The number of aryl methyl sites for hydroxylation is 3. The summed E-state index contributed by atoms with van der Waals surface area (Å²) in [4.78, 5) is 17.0. The van der Waals surface area contributed by atoms with Crippen molar-refractivity contribution in [2.75, 3.05) is 5.32 Å². The summed E-state index contributed by atoms with van der Waals surface area (Å²) in [5.74, 6) is -0.139. The Bertz CT molecular complexity index is 833. The van der Waals surface area contributed by atoms with Gasteiger partial charge < -0.3 is 9.72 Å². The first kappa shape index (κ1) is 13.4. The molecule has 1 N–H and O–H groups in total. The van der Waals surface area contributed by atoms with Crippen LogP contribution in [0.3, 0.4) is 0 Å². The highest BCUT2D eigenvalue weighted by Gasteiger charge is 2.13. The zero-order valence-corrected chi connectivity index (χ0v) is 12.3. The van der Waals surface area contributed by atoms with Gasteiger partial charge in [0.15, 0.2) is 0 Å². The van der Waals surface area contributed by atoms with Crippen molar-refractivity contribution in [1.29, 1.82) is 0 Å². The summed E-state index contributed by atoms with van der Waals surface area (Å²) in [7, 11) is 0. The molecule has 2 aromatic heterocycles. The average molecular weight is 279 g/mol. The molecule has 0 bridgehead atoms. The van der Waals surface area contributed by atoms with Gasteiger partial charge >= 0.3 is 0 Å². The Morgan fingerprint density at radius 2 is 2.00 bits per heavy atom. The lowest BCUT2D eigenvalue weighted by molar-refractivity contribution is 0.102. The van der Waals surface area contributed by atoms with Crippen LogP contribution >= 0.6 is 0 Å². The molecule has 0 atom stereocenters. The van der Waals surface area contributed by atoms with Crippen molar-refractivity contribution in [3.05, 3.63) is 65.1 Å². The van der Waals surface area contributed by atoms with Crippen molar-refractivity contribution in [3.63, 3.8) is 0 Å². The van der Waals surface area contributed by atoms with Crippen molar-refractivity contribution in [2.45, 2.75) is 20.8 Å². The van der Waals surface area contributed by atoms with Gasteiger partial charge in [0.05, 0.1) is 11.3 Å². The van der Waals surface area contributed by atoms with Gasteiger partial charge in [-0.2, -0.15) is 0 Å². The van der Waals surface area contributed by atoms with Gasteiger partial charge in [-0.1, -0.05) is 12.1 Å². The second-order valence-electron chi connectivity index (χ2n) is 5.31. The SMILES string of the molecule is Cc1ccc(C)c(NC(=O)c2cccn3cc(C)nc23)c1.